The van der Waals surface area contributed by atoms with Crippen molar-refractivity contribution in [2.24, 2.45) is 0 Å². The van der Waals surface area contributed by atoms with Crippen molar-refractivity contribution in [2.45, 2.75) is 63.1 Å². The number of piperidine rings is 1. The molecule has 1 aromatic rings. The van der Waals surface area contributed by atoms with Crippen molar-refractivity contribution in [2.75, 3.05) is 14.1 Å². The average molecular weight is 397 g/mol. The van der Waals surface area contributed by atoms with Gasteiger partial charge in [0.1, 0.15) is 0 Å². The lowest BCUT2D eigenvalue weighted by Gasteiger charge is -2.40. The number of likely N-dealkylation sites (tertiary alicyclic amines) is 1. The summed E-state index contributed by atoms with van der Waals surface area (Å²) in [6.45, 7) is 5.58. The van der Waals surface area contributed by atoms with Crippen LogP contribution in [0.25, 0.3) is 0 Å². The molecule has 1 aromatic carbocycles. The van der Waals surface area contributed by atoms with E-state index in [0.717, 1.165) is 23.6 Å². The van der Waals surface area contributed by atoms with Gasteiger partial charge in [-0.1, -0.05) is 0 Å². The van der Waals surface area contributed by atoms with E-state index in [1.807, 2.05) is 13.8 Å². The number of hydrogen-bond acceptors (Lipinski definition) is 5. The zero-order valence-corrected chi connectivity index (χ0v) is 17.3. The van der Waals surface area contributed by atoms with Gasteiger partial charge in [-0.15, -0.1) is 0 Å². The Kier molecular flexibility index (Phi) is 6.64. The van der Waals surface area contributed by atoms with E-state index in [0.29, 0.717) is 0 Å². The Balaban J connectivity index is 2.07. The van der Waals surface area contributed by atoms with E-state index in [-0.39, 0.29) is 28.4 Å². The second kappa shape index (κ2) is 8.39. The van der Waals surface area contributed by atoms with Crippen molar-refractivity contribution >= 4 is 21.9 Å². The number of hydrogen-bond donors (Lipinski definition) is 0. The summed E-state index contributed by atoms with van der Waals surface area (Å²) in [5, 5.41) is 0. The van der Waals surface area contributed by atoms with Gasteiger partial charge in [0, 0.05) is 26.2 Å². The molecule has 2 rings (SSSR count). The van der Waals surface area contributed by atoms with Crippen LogP contribution < -0.4 is 0 Å². The first-order valence-electron chi connectivity index (χ1n) is 9.11. The summed E-state index contributed by atoms with van der Waals surface area (Å²) in [4.78, 5) is 26.9. The number of carbonyl (C=O) groups is 2. The van der Waals surface area contributed by atoms with Crippen LogP contribution in [0.4, 0.5) is 0 Å². The molecular formula is C19H28N2O5S. The minimum absolute atomic E-state index is 0.0872. The quantitative estimate of drug-likeness (QED) is 0.713. The van der Waals surface area contributed by atoms with E-state index in [4.69, 9.17) is 4.74 Å². The number of sulfonamides is 1. The highest BCUT2D eigenvalue weighted by atomic mass is 32.2. The van der Waals surface area contributed by atoms with Crippen molar-refractivity contribution in [1.82, 2.24) is 9.21 Å². The smallest absolute Gasteiger partial charge is 0.338 e. The monoisotopic (exact) mass is 396 g/mol. The highest BCUT2D eigenvalue weighted by molar-refractivity contribution is 7.89. The molecule has 0 radical (unpaired) electrons. The first kappa shape index (κ1) is 21.4. The lowest BCUT2D eigenvalue weighted by Crippen LogP contribution is -2.51. The molecule has 0 aliphatic carbocycles. The van der Waals surface area contributed by atoms with Gasteiger partial charge in [-0.05, 0) is 64.3 Å². The third-order valence-electron chi connectivity index (χ3n) is 4.95. The second-order valence-electron chi connectivity index (χ2n) is 7.23. The van der Waals surface area contributed by atoms with Crippen LogP contribution >= 0.6 is 0 Å². The van der Waals surface area contributed by atoms with Crippen LogP contribution in [0, 0.1) is 0 Å². The average Bonchev–Trinajstić information content (AvgIpc) is 2.61. The Hall–Kier alpha value is -1.93. The molecular weight excluding hydrogens is 368 g/mol. The van der Waals surface area contributed by atoms with Gasteiger partial charge >= 0.3 is 5.97 Å². The summed E-state index contributed by atoms with van der Waals surface area (Å²) in [6.07, 6.45) is 2.07. The Morgan fingerprint density at radius 1 is 1.11 bits per heavy atom. The molecule has 1 heterocycles. The molecule has 1 saturated heterocycles. The summed E-state index contributed by atoms with van der Waals surface area (Å²) in [5.41, 5.74) is 0.201. The van der Waals surface area contributed by atoms with E-state index in [1.54, 1.807) is 11.8 Å². The van der Waals surface area contributed by atoms with Crippen molar-refractivity contribution in [3.8, 4) is 0 Å². The van der Waals surface area contributed by atoms with E-state index in [1.165, 1.54) is 38.4 Å². The van der Waals surface area contributed by atoms with Gasteiger partial charge in [-0.2, -0.15) is 0 Å². The van der Waals surface area contributed by atoms with Crippen LogP contribution in [0.1, 0.15) is 50.4 Å². The highest BCUT2D eigenvalue weighted by Gasteiger charge is 2.33. The molecule has 0 N–H and O–H groups in total. The number of benzene rings is 1. The highest BCUT2D eigenvalue weighted by Crippen LogP contribution is 2.24. The minimum atomic E-state index is -3.56. The maximum atomic E-state index is 12.7. The molecule has 1 aliphatic rings. The number of rotatable bonds is 5. The normalized spacial score (nSPS) is 21.8. The van der Waals surface area contributed by atoms with Gasteiger partial charge in [-0.3, -0.25) is 4.79 Å². The fourth-order valence-electron chi connectivity index (χ4n) is 3.32. The molecule has 3 atom stereocenters. The second-order valence-corrected chi connectivity index (χ2v) is 9.39. The predicted molar refractivity (Wildman–Crippen MR) is 102 cm³/mol. The van der Waals surface area contributed by atoms with Gasteiger partial charge in [0.15, 0.2) is 6.10 Å². The van der Waals surface area contributed by atoms with Crippen molar-refractivity contribution in [3.05, 3.63) is 29.8 Å². The standard InChI is InChI=1S/C19H28N2O5S/c1-13-7-6-8-14(2)21(13)18(22)15(3)26-19(23)16-9-11-17(12-10-16)27(24,25)20(4)5/h9-15H,6-8H2,1-5H3/t13-,14+,15-/m1/s1. The van der Waals surface area contributed by atoms with E-state index in [2.05, 4.69) is 0 Å². The Morgan fingerprint density at radius 2 is 1.63 bits per heavy atom. The lowest BCUT2D eigenvalue weighted by molar-refractivity contribution is -0.146. The predicted octanol–water partition coefficient (Wildman–Crippen LogP) is 2.27. The minimum Gasteiger partial charge on any atom is -0.449 e. The van der Waals surface area contributed by atoms with E-state index in [9.17, 15) is 18.0 Å². The SMILES string of the molecule is C[C@@H]1CCC[C@H](C)N1C(=O)[C@@H](C)OC(=O)c1ccc(S(=O)(=O)N(C)C)cc1. The maximum absolute atomic E-state index is 12.7. The summed E-state index contributed by atoms with van der Waals surface area (Å²) in [5.74, 6) is -0.850. The summed E-state index contributed by atoms with van der Waals surface area (Å²) in [6, 6.07) is 5.74. The number of carbonyl (C=O) groups excluding carboxylic acids is 2. The van der Waals surface area contributed by atoms with Crippen LogP contribution in [0.5, 0.6) is 0 Å². The Morgan fingerprint density at radius 3 is 2.11 bits per heavy atom. The number of nitrogens with zero attached hydrogens (tertiary/aromatic N) is 2. The fourth-order valence-corrected chi connectivity index (χ4v) is 4.22. The molecule has 0 saturated carbocycles. The van der Waals surface area contributed by atoms with Crippen molar-refractivity contribution in [1.29, 1.82) is 0 Å². The number of ether oxygens (including phenoxy) is 1. The van der Waals surface area contributed by atoms with Crippen LogP contribution in [0.3, 0.4) is 0 Å². The third-order valence-corrected chi connectivity index (χ3v) is 6.78. The zero-order chi connectivity index (χ0) is 20.4. The maximum Gasteiger partial charge on any atom is 0.338 e. The van der Waals surface area contributed by atoms with E-state index >= 15 is 0 Å². The fraction of sp³-hybridized carbons (Fsp3) is 0.579. The molecule has 1 fully saturated rings. The van der Waals surface area contributed by atoms with Crippen LogP contribution in [0.2, 0.25) is 0 Å². The van der Waals surface area contributed by atoms with Crippen molar-refractivity contribution < 1.29 is 22.7 Å². The Labute approximate surface area is 161 Å². The molecule has 0 aromatic heterocycles. The van der Waals surface area contributed by atoms with Crippen molar-refractivity contribution in [3.63, 3.8) is 0 Å². The summed E-state index contributed by atoms with van der Waals surface area (Å²) < 4.78 is 30.6. The third kappa shape index (κ3) is 4.68. The molecule has 150 valence electrons. The topological polar surface area (TPSA) is 84.0 Å². The molecule has 1 aliphatic heterocycles. The van der Waals surface area contributed by atoms with Gasteiger partial charge in [0.2, 0.25) is 10.0 Å². The van der Waals surface area contributed by atoms with Crippen LogP contribution in [-0.4, -0.2) is 61.8 Å². The molecule has 0 spiro atoms. The van der Waals surface area contributed by atoms with Crippen LogP contribution in [0.15, 0.2) is 29.2 Å². The molecule has 0 bridgehead atoms. The summed E-state index contributed by atoms with van der Waals surface area (Å²) in [7, 11) is -0.686. The van der Waals surface area contributed by atoms with Crippen LogP contribution in [-0.2, 0) is 19.6 Å². The lowest BCUT2D eigenvalue weighted by atomic mass is 9.97. The molecule has 8 heteroatoms. The van der Waals surface area contributed by atoms with Gasteiger partial charge in [-0.25, -0.2) is 17.5 Å². The largest absolute Gasteiger partial charge is 0.449 e. The number of amides is 1. The van der Waals surface area contributed by atoms with E-state index < -0.39 is 22.1 Å². The summed E-state index contributed by atoms with van der Waals surface area (Å²) >= 11 is 0. The van der Waals surface area contributed by atoms with Gasteiger partial charge < -0.3 is 9.64 Å². The van der Waals surface area contributed by atoms with Gasteiger partial charge in [0.05, 0.1) is 10.5 Å². The molecule has 7 nitrogen and oxygen atoms in total. The number of esters is 1. The van der Waals surface area contributed by atoms with Gasteiger partial charge in [0.25, 0.3) is 5.91 Å². The first-order chi connectivity index (χ1) is 12.6. The Bertz CT molecular complexity index is 779. The first-order valence-corrected chi connectivity index (χ1v) is 10.6. The molecule has 1 amide bonds. The molecule has 27 heavy (non-hydrogen) atoms. The zero-order valence-electron chi connectivity index (χ0n) is 16.5. The molecule has 0 unspecified atom stereocenters.